The number of carbonyl (C=O) groups is 1. The van der Waals surface area contributed by atoms with Gasteiger partial charge in [0, 0.05) is 5.56 Å². The molecule has 1 atom stereocenters. The molecule has 0 bridgehead atoms. The average Bonchev–Trinajstić information content (AvgIpc) is 2.48. The molecule has 94 valence electrons. The summed E-state index contributed by atoms with van der Waals surface area (Å²) < 4.78 is 5.71. The molecular weight excluding hydrogens is 238 g/mol. The minimum Gasteiger partial charge on any atom is -0.467 e. The average molecular weight is 251 g/mol. The van der Waals surface area contributed by atoms with E-state index in [9.17, 15) is 4.79 Å². The standard InChI is InChI=1S/C16H13NO2/c18-16(13-7-2-1-3-8-13)17-15-11-10-12-6-4-5-9-14(12)19-15/h1-11,14H,(H,17,18). The Kier molecular flexibility index (Phi) is 3.02. The Labute approximate surface area is 111 Å². The van der Waals surface area contributed by atoms with Gasteiger partial charge in [-0.1, -0.05) is 36.4 Å². The molecule has 3 rings (SSSR count). The number of fused-ring (bicyclic) bond motifs is 1. The van der Waals surface area contributed by atoms with Gasteiger partial charge in [-0.2, -0.15) is 0 Å². The Hall–Kier alpha value is -2.55. The lowest BCUT2D eigenvalue weighted by atomic mass is 10.0. The fourth-order valence-corrected chi connectivity index (χ4v) is 1.99. The van der Waals surface area contributed by atoms with Crippen LogP contribution in [0.25, 0.3) is 0 Å². The molecule has 1 aromatic rings. The van der Waals surface area contributed by atoms with Crippen molar-refractivity contribution in [3.63, 3.8) is 0 Å². The first-order valence-corrected chi connectivity index (χ1v) is 6.13. The molecule has 0 aromatic heterocycles. The van der Waals surface area contributed by atoms with Gasteiger partial charge >= 0.3 is 0 Å². The van der Waals surface area contributed by atoms with Crippen LogP contribution in [0.3, 0.4) is 0 Å². The molecule has 3 heteroatoms. The van der Waals surface area contributed by atoms with Crippen molar-refractivity contribution in [2.24, 2.45) is 0 Å². The van der Waals surface area contributed by atoms with E-state index in [0.29, 0.717) is 11.4 Å². The van der Waals surface area contributed by atoms with Crippen LogP contribution in [0.4, 0.5) is 0 Å². The van der Waals surface area contributed by atoms with Gasteiger partial charge in [-0.25, -0.2) is 0 Å². The van der Waals surface area contributed by atoms with E-state index < -0.39 is 0 Å². The third kappa shape index (κ3) is 2.50. The van der Waals surface area contributed by atoms with Crippen LogP contribution in [-0.2, 0) is 4.74 Å². The number of nitrogens with one attached hydrogen (secondary N) is 1. The zero-order valence-electron chi connectivity index (χ0n) is 10.2. The molecule has 0 spiro atoms. The fraction of sp³-hybridized carbons (Fsp3) is 0.0625. The van der Waals surface area contributed by atoms with Gasteiger partial charge in [0.05, 0.1) is 0 Å². The van der Waals surface area contributed by atoms with Crippen LogP contribution in [0.5, 0.6) is 0 Å². The monoisotopic (exact) mass is 251 g/mol. The van der Waals surface area contributed by atoms with E-state index in [1.807, 2.05) is 48.6 Å². The zero-order valence-corrected chi connectivity index (χ0v) is 10.2. The van der Waals surface area contributed by atoms with Crippen molar-refractivity contribution in [1.29, 1.82) is 0 Å². The molecule has 1 aliphatic heterocycles. The second-order valence-corrected chi connectivity index (χ2v) is 4.30. The lowest BCUT2D eigenvalue weighted by molar-refractivity contribution is 0.0900. The van der Waals surface area contributed by atoms with Crippen molar-refractivity contribution in [1.82, 2.24) is 5.32 Å². The normalized spacial score (nSPS) is 19.9. The summed E-state index contributed by atoms with van der Waals surface area (Å²) in [5.41, 5.74) is 1.70. The molecule has 1 heterocycles. The van der Waals surface area contributed by atoms with Gasteiger partial charge in [0.2, 0.25) is 0 Å². The summed E-state index contributed by atoms with van der Waals surface area (Å²) in [6.07, 6.45) is 11.5. The van der Waals surface area contributed by atoms with Crippen LogP contribution in [0.2, 0.25) is 0 Å². The fourth-order valence-electron chi connectivity index (χ4n) is 1.99. The Morgan fingerprint density at radius 1 is 1.11 bits per heavy atom. The van der Waals surface area contributed by atoms with Gasteiger partial charge in [-0.05, 0) is 35.9 Å². The van der Waals surface area contributed by atoms with Crippen molar-refractivity contribution in [2.75, 3.05) is 0 Å². The Balaban J connectivity index is 1.73. The maximum absolute atomic E-state index is 12.0. The van der Waals surface area contributed by atoms with Gasteiger partial charge < -0.3 is 4.74 Å². The van der Waals surface area contributed by atoms with Crippen molar-refractivity contribution < 1.29 is 9.53 Å². The number of rotatable bonds is 2. The third-order valence-electron chi connectivity index (χ3n) is 2.97. The van der Waals surface area contributed by atoms with Crippen LogP contribution in [0.15, 0.2) is 78.2 Å². The molecule has 0 fully saturated rings. The molecule has 0 saturated heterocycles. The maximum Gasteiger partial charge on any atom is 0.257 e. The first kappa shape index (κ1) is 11.5. The lowest BCUT2D eigenvalue weighted by Crippen LogP contribution is -2.29. The van der Waals surface area contributed by atoms with Crippen LogP contribution >= 0.6 is 0 Å². The maximum atomic E-state index is 12.0. The van der Waals surface area contributed by atoms with Crippen LogP contribution < -0.4 is 5.32 Å². The highest BCUT2D eigenvalue weighted by Gasteiger charge is 2.19. The zero-order chi connectivity index (χ0) is 13.1. The number of allylic oxidation sites excluding steroid dienone is 4. The van der Waals surface area contributed by atoms with Gasteiger partial charge in [-0.3, -0.25) is 10.1 Å². The van der Waals surface area contributed by atoms with Gasteiger partial charge in [0.25, 0.3) is 5.91 Å². The molecular formula is C16H13NO2. The lowest BCUT2D eigenvalue weighted by Gasteiger charge is -2.24. The Morgan fingerprint density at radius 3 is 2.79 bits per heavy atom. The number of amides is 1. The second kappa shape index (κ2) is 4.98. The van der Waals surface area contributed by atoms with Crippen LogP contribution in [0, 0.1) is 0 Å². The predicted octanol–water partition coefficient (Wildman–Crippen LogP) is 2.71. The highest BCUT2D eigenvalue weighted by atomic mass is 16.5. The molecule has 0 radical (unpaired) electrons. The SMILES string of the molecule is O=C(NC1=CC=C2C=CC=CC2O1)c1ccccc1. The van der Waals surface area contributed by atoms with E-state index in [4.69, 9.17) is 4.74 Å². The minimum absolute atomic E-state index is 0.110. The molecule has 3 nitrogen and oxygen atoms in total. The van der Waals surface area contributed by atoms with Crippen molar-refractivity contribution in [3.05, 3.63) is 83.8 Å². The largest absolute Gasteiger partial charge is 0.467 e. The van der Waals surface area contributed by atoms with E-state index in [-0.39, 0.29) is 12.0 Å². The summed E-state index contributed by atoms with van der Waals surface area (Å²) in [6, 6.07) is 9.07. The molecule has 1 aromatic carbocycles. The quantitative estimate of drug-likeness (QED) is 0.877. The Bertz CT molecular complexity index is 609. The number of ether oxygens (including phenoxy) is 1. The summed E-state index contributed by atoms with van der Waals surface area (Å²) in [6.45, 7) is 0. The van der Waals surface area contributed by atoms with Crippen molar-refractivity contribution in [3.8, 4) is 0 Å². The minimum atomic E-state index is -0.168. The van der Waals surface area contributed by atoms with E-state index >= 15 is 0 Å². The third-order valence-corrected chi connectivity index (χ3v) is 2.97. The summed E-state index contributed by atoms with van der Waals surface area (Å²) in [5.74, 6) is 0.307. The summed E-state index contributed by atoms with van der Waals surface area (Å²) >= 11 is 0. The molecule has 19 heavy (non-hydrogen) atoms. The topological polar surface area (TPSA) is 38.3 Å². The van der Waals surface area contributed by atoms with E-state index in [1.165, 1.54) is 0 Å². The molecule has 0 saturated carbocycles. The molecule has 1 amide bonds. The first-order chi connectivity index (χ1) is 9.33. The number of benzene rings is 1. The van der Waals surface area contributed by atoms with Gasteiger partial charge in [-0.15, -0.1) is 0 Å². The second-order valence-electron chi connectivity index (χ2n) is 4.30. The highest BCUT2D eigenvalue weighted by Crippen LogP contribution is 2.21. The highest BCUT2D eigenvalue weighted by molar-refractivity contribution is 5.95. The van der Waals surface area contributed by atoms with E-state index in [0.717, 1.165) is 5.57 Å². The van der Waals surface area contributed by atoms with Crippen molar-refractivity contribution >= 4 is 5.91 Å². The van der Waals surface area contributed by atoms with Crippen molar-refractivity contribution in [2.45, 2.75) is 6.10 Å². The smallest absolute Gasteiger partial charge is 0.257 e. The van der Waals surface area contributed by atoms with E-state index in [2.05, 4.69) is 5.32 Å². The summed E-state index contributed by atoms with van der Waals surface area (Å²) in [4.78, 5) is 12.0. The molecule has 2 aliphatic rings. The number of hydrogen-bond acceptors (Lipinski definition) is 2. The summed E-state index contributed by atoms with van der Waals surface area (Å²) in [7, 11) is 0. The number of carbonyl (C=O) groups excluding carboxylic acids is 1. The van der Waals surface area contributed by atoms with Gasteiger partial charge in [0.1, 0.15) is 6.10 Å². The van der Waals surface area contributed by atoms with E-state index in [1.54, 1.807) is 18.2 Å². The molecule has 1 N–H and O–H groups in total. The number of hydrogen-bond donors (Lipinski definition) is 1. The van der Waals surface area contributed by atoms with Gasteiger partial charge in [0.15, 0.2) is 5.88 Å². The predicted molar refractivity (Wildman–Crippen MR) is 73.2 cm³/mol. The molecule has 1 unspecified atom stereocenters. The first-order valence-electron chi connectivity index (χ1n) is 6.13. The van der Waals surface area contributed by atoms with Crippen LogP contribution in [-0.4, -0.2) is 12.0 Å². The Morgan fingerprint density at radius 2 is 1.95 bits per heavy atom. The molecule has 1 aliphatic carbocycles. The van der Waals surface area contributed by atoms with Crippen LogP contribution in [0.1, 0.15) is 10.4 Å². The summed E-state index contributed by atoms with van der Waals surface area (Å²) in [5, 5.41) is 2.77.